The van der Waals surface area contributed by atoms with Crippen LogP contribution in [0.5, 0.6) is 11.5 Å². The summed E-state index contributed by atoms with van der Waals surface area (Å²) in [5, 5.41) is 5.03. The third-order valence-electron chi connectivity index (χ3n) is 4.36. The van der Waals surface area contributed by atoms with Crippen molar-refractivity contribution in [2.24, 2.45) is 0 Å². The topological polar surface area (TPSA) is 47.6 Å². The van der Waals surface area contributed by atoms with Crippen molar-refractivity contribution >= 4 is 16.7 Å². The first-order valence-electron chi connectivity index (χ1n) is 8.68. The molecule has 134 valence electrons. The Morgan fingerprint density at radius 2 is 1.65 bits per heavy atom. The summed E-state index contributed by atoms with van der Waals surface area (Å²) in [6.45, 7) is 2.67. The number of methoxy groups -OCH3 is 1. The number of hydrogen-bond donors (Lipinski definition) is 1. The van der Waals surface area contributed by atoms with Gasteiger partial charge in [-0.3, -0.25) is 4.79 Å². The molecule has 0 aliphatic rings. The average Bonchev–Trinajstić information content (AvgIpc) is 2.70. The van der Waals surface area contributed by atoms with E-state index in [1.807, 2.05) is 54.6 Å². The first kappa shape index (κ1) is 17.8. The maximum absolute atomic E-state index is 12.1. The summed E-state index contributed by atoms with van der Waals surface area (Å²) in [6, 6.07) is 21.8. The van der Waals surface area contributed by atoms with E-state index in [9.17, 15) is 4.79 Å². The molecule has 0 aromatic heterocycles. The Balaban J connectivity index is 1.53. The van der Waals surface area contributed by atoms with Crippen molar-refractivity contribution in [2.75, 3.05) is 20.3 Å². The van der Waals surface area contributed by atoms with Crippen molar-refractivity contribution in [2.45, 2.75) is 12.8 Å². The predicted octanol–water partition coefficient (Wildman–Crippen LogP) is 4.15. The molecule has 4 heteroatoms. The van der Waals surface area contributed by atoms with Crippen LogP contribution in [0.4, 0.5) is 0 Å². The van der Waals surface area contributed by atoms with Crippen LogP contribution in [-0.2, 0) is 4.79 Å². The summed E-state index contributed by atoms with van der Waals surface area (Å²) >= 11 is 0. The number of carbonyl (C=O) groups excluding carboxylic acids is 1. The lowest BCUT2D eigenvalue weighted by Gasteiger charge is -2.13. The first-order valence-corrected chi connectivity index (χ1v) is 8.68. The maximum Gasteiger partial charge on any atom is 0.257 e. The minimum Gasteiger partial charge on any atom is -0.497 e. The Kier molecular flexibility index (Phi) is 5.74. The number of rotatable bonds is 7. The van der Waals surface area contributed by atoms with E-state index in [-0.39, 0.29) is 18.4 Å². The van der Waals surface area contributed by atoms with Crippen molar-refractivity contribution in [1.29, 1.82) is 0 Å². The van der Waals surface area contributed by atoms with Gasteiger partial charge >= 0.3 is 0 Å². The molecule has 1 atom stereocenters. The van der Waals surface area contributed by atoms with Crippen molar-refractivity contribution in [3.63, 3.8) is 0 Å². The van der Waals surface area contributed by atoms with Crippen LogP contribution in [0.25, 0.3) is 10.8 Å². The lowest BCUT2D eigenvalue weighted by Crippen LogP contribution is -2.31. The van der Waals surface area contributed by atoms with Crippen LogP contribution in [0.3, 0.4) is 0 Å². The Labute approximate surface area is 153 Å². The lowest BCUT2D eigenvalue weighted by molar-refractivity contribution is -0.123. The van der Waals surface area contributed by atoms with Gasteiger partial charge in [0.15, 0.2) is 6.61 Å². The molecular weight excluding hydrogens is 326 g/mol. The standard InChI is InChI=1S/C22H23NO3/c1-16(17-6-4-3-5-7-17)14-23-22(24)15-26-21-11-9-18-8-10-20(25-2)12-19(18)13-21/h3-13,16H,14-15H2,1-2H3,(H,23,24)/t16-/m1/s1. The second kappa shape index (κ2) is 8.39. The lowest BCUT2D eigenvalue weighted by atomic mass is 10.0. The summed E-state index contributed by atoms with van der Waals surface area (Å²) in [4.78, 5) is 12.1. The number of hydrogen-bond acceptors (Lipinski definition) is 3. The van der Waals surface area contributed by atoms with E-state index >= 15 is 0 Å². The third kappa shape index (κ3) is 4.54. The summed E-state index contributed by atoms with van der Waals surface area (Å²) < 4.78 is 10.9. The van der Waals surface area contributed by atoms with Crippen LogP contribution in [0.1, 0.15) is 18.4 Å². The molecule has 3 aromatic rings. The normalized spacial score (nSPS) is 11.8. The molecular formula is C22H23NO3. The molecule has 0 unspecified atom stereocenters. The number of carbonyl (C=O) groups is 1. The quantitative estimate of drug-likeness (QED) is 0.697. The SMILES string of the molecule is COc1ccc2ccc(OCC(=O)NC[C@@H](C)c3ccccc3)cc2c1. The van der Waals surface area contributed by atoms with Crippen molar-refractivity contribution in [3.8, 4) is 11.5 Å². The molecule has 0 saturated carbocycles. The van der Waals surface area contributed by atoms with Gasteiger partial charge in [-0.15, -0.1) is 0 Å². The minimum atomic E-state index is -0.126. The highest BCUT2D eigenvalue weighted by atomic mass is 16.5. The zero-order valence-electron chi connectivity index (χ0n) is 15.1. The van der Waals surface area contributed by atoms with Crippen LogP contribution in [0.2, 0.25) is 0 Å². The molecule has 3 aromatic carbocycles. The summed E-state index contributed by atoms with van der Waals surface area (Å²) in [5.74, 6) is 1.59. The smallest absolute Gasteiger partial charge is 0.257 e. The Bertz CT molecular complexity index is 877. The van der Waals surface area contributed by atoms with Crippen molar-refractivity contribution < 1.29 is 14.3 Å². The van der Waals surface area contributed by atoms with Crippen LogP contribution in [0.15, 0.2) is 66.7 Å². The molecule has 0 fully saturated rings. The summed E-state index contributed by atoms with van der Waals surface area (Å²) in [5.41, 5.74) is 1.21. The van der Waals surface area contributed by atoms with E-state index in [1.165, 1.54) is 5.56 Å². The molecule has 0 bridgehead atoms. The first-order chi connectivity index (χ1) is 12.7. The van der Waals surface area contributed by atoms with E-state index in [2.05, 4.69) is 24.4 Å². The highest BCUT2D eigenvalue weighted by Gasteiger charge is 2.08. The van der Waals surface area contributed by atoms with Gasteiger partial charge in [0.25, 0.3) is 5.91 Å². The van der Waals surface area contributed by atoms with E-state index in [0.29, 0.717) is 12.3 Å². The fraction of sp³-hybridized carbons (Fsp3) is 0.227. The van der Waals surface area contributed by atoms with Crippen LogP contribution in [-0.4, -0.2) is 26.2 Å². The summed E-state index contributed by atoms with van der Waals surface area (Å²) in [6.07, 6.45) is 0. The molecule has 1 amide bonds. The number of amides is 1. The van der Waals surface area contributed by atoms with Gasteiger partial charge < -0.3 is 14.8 Å². The number of nitrogens with one attached hydrogen (secondary N) is 1. The van der Waals surface area contributed by atoms with E-state index in [1.54, 1.807) is 7.11 Å². The molecule has 1 N–H and O–H groups in total. The van der Waals surface area contributed by atoms with Crippen LogP contribution < -0.4 is 14.8 Å². The molecule has 0 radical (unpaired) electrons. The summed E-state index contributed by atoms with van der Waals surface area (Å²) in [7, 11) is 1.64. The number of benzene rings is 3. The molecule has 0 spiro atoms. The fourth-order valence-corrected chi connectivity index (χ4v) is 2.79. The average molecular weight is 349 g/mol. The monoisotopic (exact) mass is 349 g/mol. The van der Waals surface area contributed by atoms with Gasteiger partial charge in [0.05, 0.1) is 7.11 Å². The van der Waals surface area contributed by atoms with Gasteiger partial charge in [-0.1, -0.05) is 49.4 Å². The van der Waals surface area contributed by atoms with Gasteiger partial charge in [-0.2, -0.15) is 0 Å². The minimum absolute atomic E-state index is 0.00299. The van der Waals surface area contributed by atoms with Gasteiger partial charge in [0.2, 0.25) is 0 Å². The second-order valence-corrected chi connectivity index (χ2v) is 6.28. The molecule has 0 aliphatic heterocycles. The van der Waals surface area contributed by atoms with Crippen molar-refractivity contribution in [3.05, 3.63) is 72.3 Å². The number of ether oxygens (including phenoxy) is 2. The van der Waals surface area contributed by atoms with Gasteiger partial charge in [-0.05, 0) is 46.5 Å². The Morgan fingerprint density at radius 3 is 2.38 bits per heavy atom. The zero-order chi connectivity index (χ0) is 18.4. The van der Waals surface area contributed by atoms with Gasteiger partial charge in [0.1, 0.15) is 11.5 Å². The molecule has 0 saturated heterocycles. The fourth-order valence-electron chi connectivity index (χ4n) is 2.79. The highest BCUT2D eigenvalue weighted by molar-refractivity contribution is 5.85. The molecule has 26 heavy (non-hydrogen) atoms. The number of fused-ring (bicyclic) bond motifs is 1. The van der Waals surface area contributed by atoms with Crippen LogP contribution in [0, 0.1) is 0 Å². The zero-order valence-corrected chi connectivity index (χ0v) is 15.1. The largest absolute Gasteiger partial charge is 0.497 e. The van der Waals surface area contributed by atoms with Crippen molar-refractivity contribution in [1.82, 2.24) is 5.32 Å². The predicted molar refractivity (Wildman–Crippen MR) is 104 cm³/mol. The van der Waals surface area contributed by atoms with Gasteiger partial charge in [0, 0.05) is 6.54 Å². The molecule has 0 heterocycles. The van der Waals surface area contributed by atoms with Crippen LogP contribution >= 0.6 is 0 Å². The second-order valence-electron chi connectivity index (χ2n) is 6.28. The van der Waals surface area contributed by atoms with E-state index in [4.69, 9.17) is 9.47 Å². The highest BCUT2D eigenvalue weighted by Crippen LogP contribution is 2.24. The Morgan fingerprint density at radius 1 is 0.962 bits per heavy atom. The molecule has 0 aliphatic carbocycles. The van der Waals surface area contributed by atoms with E-state index in [0.717, 1.165) is 16.5 Å². The third-order valence-corrected chi connectivity index (χ3v) is 4.36. The molecule has 3 rings (SSSR count). The van der Waals surface area contributed by atoms with E-state index < -0.39 is 0 Å². The molecule has 4 nitrogen and oxygen atoms in total. The maximum atomic E-state index is 12.1. The Hall–Kier alpha value is -3.01. The van der Waals surface area contributed by atoms with Gasteiger partial charge in [-0.25, -0.2) is 0 Å².